The van der Waals surface area contributed by atoms with E-state index in [0.717, 1.165) is 0 Å². The fraction of sp³-hybridized carbons (Fsp3) is 0. The first-order valence-corrected chi connectivity index (χ1v) is 1.95. The van der Waals surface area contributed by atoms with Crippen molar-refractivity contribution in [1.82, 2.24) is 0 Å². The first-order valence-electron chi connectivity index (χ1n) is 0.651. The summed E-state index contributed by atoms with van der Waals surface area (Å²) < 4.78 is 8.74. The molecule has 0 amide bonds. The Balaban J connectivity index is -0.0000000150. The van der Waals surface area contributed by atoms with Crippen LogP contribution >= 0.6 is 12.4 Å². The Kier molecular flexibility index (Phi) is 51.3. The Hall–Kier alpha value is 2.26. The van der Waals surface area contributed by atoms with E-state index in [9.17, 15) is 0 Å². The van der Waals surface area contributed by atoms with Crippen molar-refractivity contribution in [3.05, 3.63) is 0 Å². The maximum atomic E-state index is 8.74. The van der Waals surface area contributed by atoms with Crippen LogP contribution in [0.1, 0.15) is 0 Å². The van der Waals surface area contributed by atoms with Crippen molar-refractivity contribution in [3.8, 4) is 0 Å². The minimum Gasteiger partial charge on any atom is -0.511 e. The van der Waals surface area contributed by atoms with Crippen molar-refractivity contribution in [1.29, 1.82) is 0 Å². The minimum atomic E-state index is -3.13. The van der Waals surface area contributed by atoms with Gasteiger partial charge in [-0.05, 0) is 0 Å². The van der Waals surface area contributed by atoms with Crippen molar-refractivity contribution < 1.29 is 84.1 Å². The molecule has 0 atom stereocenters. The summed E-state index contributed by atoms with van der Waals surface area (Å²) in [5.74, 6) is 0. The van der Waals surface area contributed by atoms with E-state index in [1.54, 1.807) is 0 Å². The van der Waals surface area contributed by atoms with Gasteiger partial charge < -0.3 is 9.59 Å². The number of rotatable bonds is 0. The molecule has 3 nitrogen and oxygen atoms in total. The normalized spacial score (nSPS) is 3.43. The first kappa shape index (κ1) is 22.8. The van der Waals surface area contributed by atoms with Gasteiger partial charge >= 0.3 is 9.17 Å². The fourth-order valence-electron chi connectivity index (χ4n) is 0. The zero-order valence-corrected chi connectivity index (χ0v) is 9.58. The van der Waals surface area contributed by atoms with Gasteiger partial charge in [0.05, 0.1) is 0 Å². The van der Waals surface area contributed by atoms with Crippen LogP contribution in [0, 0.1) is 37.3 Å². The van der Waals surface area contributed by atoms with Gasteiger partial charge in [0.15, 0.2) is 0 Å². The summed E-state index contributed by atoms with van der Waals surface area (Å²) in [5, 5.41) is 0. The molecule has 0 aliphatic carbocycles. The number of hydrogen-bond donors (Lipinski definition) is 2. The van der Waals surface area contributed by atoms with E-state index in [1.165, 1.54) is 0 Å². The summed E-state index contributed by atoms with van der Waals surface area (Å²) in [7, 11) is -3.13. The molecule has 0 saturated carbocycles. The molecule has 0 aliphatic heterocycles. The van der Waals surface area contributed by atoms with E-state index in [4.69, 9.17) is 14.1 Å². The van der Waals surface area contributed by atoms with Crippen LogP contribution in [-0.4, -0.2) is 18.8 Å². The van der Waals surface area contributed by atoms with Crippen LogP contribution < -0.4 is 0 Å². The number of hydrogen-bond acceptors (Lipinski definition) is 1. The molecule has 0 aromatic heterocycles. The molecule has 47 valence electrons. The smallest absolute Gasteiger partial charge is 0.511 e. The van der Waals surface area contributed by atoms with Crippen molar-refractivity contribution >= 4 is 21.6 Å². The molecule has 0 fully saturated rings. The maximum absolute atomic E-state index is 8.74. The standard InChI is InChI=1S/ClH.Er.H2O3Si.Y/c;;1-4(2)3;/h1H;;1-2H;. The maximum Gasteiger partial charge on any atom is 0.761 e. The second-order valence-electron chi connectivity index (χ2n) is 0.283. The summed E-state index contributed by atoms with van der Waals surface area (Å²) in [6.45, 7) is 0. The second kappa shape index (κ2) is 15.7. The Bertz CT molecular complexity index is 37.9. The topological polar surface area (TPSA) is 57.5 Å². The van der Waals surface area contributed by atoms with Crippen LogP contribution in [0.4, 0.5) is 0 Å². The molecule has 7 heteroatoms. The molecular formula is H3ClErO3SiY. The summed E-state index contributed by atoms with van der Waals surface area (Å²) >= 11 is 0. The van der Waals surface area contributed by atoms with E-state index < -0.39 is 9.17 Å². The molecule has 0 bridgehead atoms. The van der Waals surface area contributed by atoms with Gasteiger partial charge in [-0.1, -0.05) is 0 Å². The summed E-state index contributed by atoms with van der Waals surface area (Å²) in [6.07, 6.45) is 0. The Morgan fingerprint density at radius 2 is 1.29 bits per heavy atom. The molecule has 2 N–H and O–H groups in total. The van der Waals surface area contributed by atoms with Gasteiger partial charge in [-0.3, -0.25) is 4.46 Å². The fourth-order valence-corrected chi connectivity index (χ4v) is 0. The average molecular weight is 371 g/mol. The predicted octanol–water partition coefficient (Wildman–Crippen LogP) is -1.19. The van der Waals surface area contributed by atoms with Crippen LogP contribution in [0.3, 0.4) is 0 Å². The second-order valence-corrected chi connectivity index (χ2v) is 0.848. The van der Waals surface area contributed by atoms with Crippen LogP contribution in [0.25, 0.3) is 0 Å². The monoisotopic (exact) mass is 369 g/mol. The van der Waals surface area contributed by atoms with Gasteiger partial charge in [-0.2, -0.15) is 0 Å². The summed E-state index contributed by atoms with van der Waals surface area (Å²) in [5.41, 5.74) is 0. The third-order valence-corrected chi connectivity index (χ3v) is 0. The zero-order valence-electron chi connectivity index (χ0n) is 3.08. The van der Waals surface area contributed by atoms with Crippen LogP contribution in [0.15, 0.2) is 0 Å². The largest absolute Gasteiger partial charge is 0.761 e. The molecular weight excluding hydrogens is 368 g/mol. The van der Waals surface area contributed by atoms with Crippen LogP contribution in [0.2, 0.25) is 0 Å². The molecule has 0 spiro atoms. The third-order valence-electron chi connectivity index (χ3n) is 0. The SMILES string of the molecule is Cl.O=[Si](O)O.[Er].[Y]. The third kappa shape index (κ3) is 63.4. The van der Waals surface area contributed by atoms with Crippen molar-refractivity contribution in [2.75, 3.05) is 0 Å². The molecule has 0 unspecified atom stereocenters. The molecule has 0 heterocycles. The van der Waals surface area contributed by atoms with Gasteiger partial charge in [0.25, 0.3) is 0 Å². The van der Waals surface area contributed by atoms with E-state index in [0.29, 0.717) is 0 Å². The van der Waals surface area contributed by atoms with Gasteiger partial charge in [0, 0.05) is 70.0 Å². The van der Waals surface area contributed by atoms with Gasteiger partial charge in [-0.25, -0.2) is 0 Å². The zero-order chi connectivity index (χ0) is 3.58. The summed E-state index contributed by atoms with van der Waals surface area (Å²) in [4.78, 5) is 14.3. The van der Waals surface area contributed by atoms with Crippen molar-refractivity contribution in [2.45, 2.75) is 0 Å². The Labute approximate surface area is 104 Å². The average Bonchev–Trinajstić information content (AvgIpc) is 0.811. The van der Waals surface area contributed by atoms with E-state index in [1.807, 2.05) is 0 Å². The first-order chi connectivity index (χ1) is 1.73. The molecule has 7 heavy (non-hydrogen) atoms. The van der Waals surface area contributed by atoms with E-state index in [2.05, 4.69) is 0 Å². The Morgan fingerprint density at radius 3 is 1.29 bits per heavy atom. The van der Waals surface area contributed by atoms with Gasteiger partial charge in [0.1, 0.15) is 0 Å². The van der Waals surface area contributed by atoms with Crippen molar-refractivity contribution in [3.63, 3.8) is 0 Å². The molecule has 0 saturated heterocycles. The molecule has 0 aliphatic rings. The minimum absolute atomic E-state index is 0. The van der Waals surface area contributed by atoms with E-state index in [-0.39, 0.29) is 82.4 Å². The van der Waals surface area contributed by atoms with Crippen molar-refractivity contribution in [2.24, 2.45) is 0 Å². The van der Waals surface area contributed by atoms with E-state index >= 15 is 0 Å². The summed E-state index contributed by atoms with van der Waals surface area (Å²) in [6, 6.07) is 0. The predicted molar refractivity (Wildman–Crippen MR) is 18.1 cm³/mol. The van der Waals surface area contributed by atoms with Gasteiger partial charge in [0.2, 0.25) is 0 Å². The number of halogens is 1. The molecule has 1 radical (unpaired) electrons. The van der Waals surface area contributed by atoms with Crippen LogP contribution in [-0.2, 0) is 37.2 Å². The van der Waals surface area contributed by atoms with Crippen LogP contribution in [0.5, 0.6) is 0 Å². The van der Waals surface area contributed by atoms with Gasteiger partial charge in [-0.15, -0.1) is 12.4 Å². The molecule has 0 aromatic carbocycles. The quantitative estimate of drug-likeness (QED) is 0.527. The molecule has 0 rings (SSSR count). The molecule has 0 aromatic rings. The Morgan fingerprint density at radius 1 is 1.29 bits per heavy atom.